The van der Waals surface area contributed by atoms with Crippen LogP contribution in [0.25, 0.3) is 0 Å². The molecular weight excluding hydrogens is 360 g/mol. The number of aliphatic hydroxyl groups is 1. The molecule has 1 saturated heterocycles. The van der Waals surface area contributed by atoms with Crippen molar-refractivity contribution < 1.29 is 14.6 Å². The van der Waals surface area contributed by atoms with Gasteiger partial charge in [-0.05, 0) is 44.9 Å². The van der Waals surface area contributed by atoms with Crippen molar-refractivity contribution >= 4 is 22.0 Å². The van der Waals surface area contributed by atoms with Crippen molar-refractivity contribution in [2.24, 2.45) is 5.73 Å². The molecule has 128 valence electrons. The lowest BCUT2D eigenvalue weighted by molar-refractivity contribution is 0.00833. The third-order valence-corrected chi connectivity index (χ3v) is 4.55. The van der Waals surface area contributed by atoms with Gasteiger partial charge >= 0.3 is 6.09 Å². The summed E-state index contributed by atoms with van der Waals surface area (Å²) in [6, 6.07) is 7.92. The first kappa shape index (κ1) is 18.2. The Labute approximate surface area is 145 Å². The smallest absolute Gasteiger partial charge is 0.410 e. The van der Waals surface area contributed by atoms with Crippen LogP contribution in [0.15, 0.2) is 28.7 Å². The molecule has 0 saturated carbocycles. The minimum absolute atomic E-state index is 0.253. The molecule has 2 unspecified atom stereocenters. The van der Waals surface area contributed by atoms with Crippen molar-refractivity contribution in [2.75, 3.05) is 13.1 Å². The minimum atomic E-state index is -0.615. The molecule has 1 fully saturated rings. The number of rotatable bonds is 3. The summed E-state index contributed by atoms with van der Waals surface area (Å²) >= 11 is 3.42. The number of carbonyl (C=O) groups excluding carboxylic acids is 1. The molecule has 1 aromatic carbocycles. The molecule has 0 radical (unpaired) electrons. The van der Waals surface area contributed by atoms with E-state index in [1.807, 2.05) is 45.0 Å². The van der Waals surface area contributed by atoms with E-state index in [0.717, 1.165) is 10.0 Å². The number of hydrogen-bond donors (Lipinski definition) is 2. The lowest BCUT2D eigenvalue weighted by Gasteiger charge is -2.38. The van der Waals surface area contributed by atoms with Crippen LogP contribution < -0.4 is 5.73 Å². The van der Waals surface area contributed by atoms with Crippen molar-refractivity contribution in [3.63, 3.8) is 0 Å². The summed E-state index contributed by atoms with van der Waals surface area (Å²) in [4.78, 5) is 14.2. The highest BCUT2D eigenvalue weighted by Gasteiger charge is 2.48. The average molecular weight is 385 g/mol. The van der Waals surface area contributed by atoms with Gasteiger partial charge in [-0.3, -0.25) is 4.90 Å². The van der Waals surface area contributed by atoms with Crippen LogP contribution >= 0.6 is 15.9 Å². The third-order valence-electron chi connectivity index (χ3n) is 4.02. The second kappa shape index (κ2) is 6.79. The largest absolute Gasteiger partial charge is 0.444 e. The fourth-order valence-electron chi connectivity index (χ4n) is 3.02. The van der Waals surface area contributed by atoms with Crippen molar-refractivity contribution in [1.82, 2.24) is 4.90 Å². The number of likely N-dealkylation sites (tertiary alicyclic amines) is 1. The SMILES string of the molecule is CC(C)(C)OC(=O)N1CC(O)CC1(CN)Cc1ccc(Br)cc1. The van der Waals surface area contributed by atoms with Crippen LogP contribution in [0.5, 0.6) is 0 Å². The topological polar surface area (TPSA) is 75.8 Å². The zero-order chi connectivity index (χ0) is 17.3. The second-order valence-corrected chi connectivity index (χ2v) is 8.10. The highest BCUT2D eigenvalue weighted by Crippen LogP contribution is 2.34. The fourth-order valence-corrected chi connectivity index (χ4v) is 3.28. The van der Waals surface area contributed by atoms with E-state index in [0.29, 0.717) is 12.8 Å². The fraction of sp³-hybridized carbons (Fsp3) is 0.588. The van der Waals surface area contributed by atoms with Crippen molar-refractivity contribution in [2.45, 2.75) is 50.9 Å². The van der Waals surface area contributed by atoms with Gasteiger partial charge in [0.05, 0.1) is 18.2 Å². The van der Waals surface area contributed by atoms with E-state index in [1.165, 1.54) is 0 Å². The molecule has 5 nitrogen and oxygen atoms in total. The van der Waals surface area contributed by atoms with Crippen molar-refractivity contribution in [3.05, 3.63) is 34.3 Å². The maximum Gasteiger partial charge on any atom is 0.410 e. The van der Waals surface area contributed by atoms with E-state index in [2.05, 4.69) is 15.9 Å². The standard InChI is InChI=1S/C17H25BrN2O3/c1-16(2,3)23-15(22)20-10-14(21)9-17(20,11-19)8-12-4-6-13(18)7-5-12/h4-7,14,21H,8-11,19H2,1-3H3. The highest BCUT2D eigenvalue weighted by molar-refractivity contribution is 9.10. The van der Waals surface area contributed by atoms with Gasteiger partial charge < -0.3 is 15.6 Å². The summed E-state index contributed by atoms with van der Waals surface area (Å²) in [5.74, 6) is 0. The normalized spacial score (nSPS) is 24.8. The number of carbonyl (C=O) groups is 1. The Kier molecular flexibility index (Phi) is 5.38. The van der Waals surface area contributed by atoms with Gasteiger partial charge in [-0.25, -0.2) is 4.79 Å². The van der Waals surface area contributed by atoms with E-state index < -0.39 is 23.3 Å². The first-order chi connectivity index (χ1) is 10.6. The number of nitrogens with two attached hydrogens (primary N) is 1. The van der Waals surface area contributed by atoms with Gasteiger partial charge in [-0.1, -0.05) is 28.1 Å². The molecule has 3 N–H and O–H groups in total. The molecule has 1 aliphatic rings. The van der Waals surface area contributed by atoms with Gasteiger partial charge in [-0.2, -0.15) is 0 Å². The second-order valence-electron chi connectivity index (χ2n) is 7.18. The Morgan fingerprint density at radius 1 is 1.43 bits per heavy atom. The zero-order valence-corrected chi connectivity index (χ0v) is 15.5. The number of amides is 1. The predicted octanol–water partition coefficient (Wildman–Crippen LogP) is 2.69. The number of benzene rings is 1. The molecule has 0 aliphatic carbocycles. The van der Waals surface area contributed by atoms with Gasteiger partial charge in [0, 0.05) is 17.4 Å². The Bertz CT molecular complexity index is 556. The molecule has 0 bridgehead atoms. The maximum atomic E-state index is 12.6. The zero-order valence-electron chi connectivity index (χ0n) is 13.9. The lowest BCUT2D eigenvalue weighted by atomic mass is 9.88. The lowest BCUT2D eigenvalue weighted by Crippen LogP contribution is -2.54. The van der Waals surface area contributed by atoms with Crippen LogP contribution in [-0.2, 0) is 11.2 Å². The molecule has 23 heavy (non-hydrogen) atoms. The predicted molar refractivity (Wildman–Crippen MR) is 93.2 cm³/mol. The first-order valence-corrected chi connectivity index (χ1v) is 8.58. The van der Waals surface area contributed by atoms with Crippen LogP contribution in [0.2, 0.25) is 0 Å². The monoisotopic (exact) mass is 384 g/mol. The number of hydrogen-bond acceptors (Lipinski definition) is 4. The van der Waals surface area contributed by atoms with Crippen LogP contribution in [0.4, 0.5) is 4.79 Å². The quantitative estimate of drug-likeness (QED) is 0.839. The molecule has 2 atom stereocenters. The minimum Gasteiger partial charge on any atom is -0.444 e. The molecule has 6 heteroatoms. The number of ether oxygens (including phenoxy) is 1. The Hall–Kier alpha value is -1.11. The van der Waals surface area contributed by atoms with Crippen molar-refractivity contribution in [1.29, 1.82) is 0 Å². The summed E-state index contributed by atoms with van der Waals surface area (Å²) in [6.45, 7) is 6.02. The van der Waals surface area contributed by atoms with Gasteiger partial charge in [0.15, 0.2) is 0 Å². The first-order valence-electron chi connectivity index (χ1n) is 7.78. The van der Waals surface area contributed by atoms with Gasteiger partial charge in [-0.15, -0.1) is 0 Å². The van der Waals surface area contributed by atoms with Crippen LogP contribution in [-0.4, -0.2) is 46.4 Å². The average Bonchev–Trinajstić information content (AvgIpc) is 2.77. The molecule has 1 amide bonds. The van der Waals surface area contributed by atoms with E-state index in [1.54, 1.807) is 4.90 Å². The Morgan fingerprint density at radius 2 is 2.04 bits per heavy atom. The molecule has 0 spiro atoms. The van der Waals surface area contributed by atoms with Gasteiger partial charge in [0.2, 0.25) is 0 Å². The van der Waals surface area contributed by atoms with E-state index in [-0.39, 0.29) is 13.1 Å². The molecule has 1 aliphatic heterocycles. The molecule has 0 aromatic heterocycles. The number of β-amino-alcohol motifs (C(OH)–C–C–N with tert-alkyl or cyclic N) is 1. The maximum absolute atomic E-state index is 12.6. The number of halogens is 1. The van der Waals surface area contributed by atoms with Crippen molar-refractivity contribution in [3.8, 4) is 0 Å². The summed E-state index contributed by atoms with van der Waals surface area (Å²) in [7, 11) is 0. The molecule has 1 heterocycles. The third kappa shape index (κ3) is 4.46. The Morgan fingerprint density at radius 3 is 2.57 bits per heavy atom. The Balaban J connectivity index is 2.25. The van der Waals surface area contributed by atoms with Crippen LogP contribution in [0.1, 0.15) is 32.8 Å². The summed E-state index contributed by atoms with van der Waals surface area (Å²) in [5.41, 5.74) is 5.91. The van der Waals surface area contributed by atoms with Gasteiger partial charge in [0.25, 0.3) is 0 Å². The molecular formula is C17H25BrN2O3. The van der Waals surface area contributed by atoms with E-state index >= 15 is 0 Å². The van der Waals surface area contributed by atoms with Crippen LogP contribution in [0.3, 0.4) is 0 Å². The summed E-state index contributed by atoms with van der Waals surface area (Å²) < 4.78 is 6.50. The van der Waals surface area contributed by atoms with Crippen LogP contribution in [0, 0.1) is 0 Å². The number of aliphatic hydroxyl groups excluding tert-OH is 1. The van der Waals surface area contributed by atoms with Gasteiger partial charge in [0.1, 0.15) is 5.60 Å². The van der Waals surface area contributed by atoms with E-state index in [4.69, 9.17) is 10.5 Å². The summed E-state index contributed by atoms with van der Waals surface area (Å²) in [5, 5.41) is 10.1. The summed E-state index contributed by atoms with van der Waals surface area (Å²) in [6.07, 6.45) is 0.0458. The van der Waals surface area contributed by atoms with E-state index in [9.17, 15) is 9.90 Å². The molecule has 2 rings (SSSR count). The highest BCUT2D eigenvalue weighted by atomic mass is 79.9. The number of nitrogens with zero attached hydrogens (tertiary/aromatic N) is 1. The molecule has 1 aromatic rings.